The van der Waals surface area contributed by atoms with Gasteiger partial charge in [0.2, 0.25) is 0 Å². The summed E-state index contributed by atoms with van der Waals surface area (Å²) < 4.78 is 28.2. The SMILES string of the molecule is O=C(Nc1ccc2sc(NS(=O)(=O)c3ccccc3)nc2c1)Nc1ccccc1Cl. The third-order valence-electron chi connectivity index (χ3n) is 4.04. The zero-order valence-corrected chi connectivity index (χ0v) is 17.7. The number of nitrogens with zero attached hydrogens (tertiary/aromatic N) is 1. The lowest BCUT2D eigenvalue weighted by molar-refractivity contribution is 0.262. The van der Waals surface area contributed by atoms with E-state index >= 15 is 0 Å². The van der Waals surface area contributed by atoms with Crippen LogP contribution >= 0.6 is 22.9 Å². The Morgan fingerprint density at radius 3 is 2.43 bits per heavy atom. The number of aromatic nitrogens is 1. The minimum atomic E-state index is -3.72. The van der Waals surface area contributed by atoms with Gasteiger partial charge in [-0.15, -0.1) is 0 Å². The van der Waals surface area contributed by atoms with E-state index in [0.717, 1.165) is 4.70 Å². The molecule has 0 aliphatic rings. The Labute approximate surface area is 181 Å². The standard InChI is InChI=1S/C20H15ClN4O3S2/c21-15-8-4-5-9-16(15)23-19(26)22-13-10-11-18-17(12-13)24-20(29-18)25-30(27,28)14-6-2-1-3-7-14/h1-12H,(H,24,25)(H2,22,23,26). The van der Waals surface area contributed by atoms with Crippen molar-refractivity contribution in [3.63, 3.8) is 0 Å². The summed E-state index contributed by atoms with van der Waals surface area (Å²) in [5, 5.41) is 6.05. The Hall–Kier alpha value is -3.14. The fourth-order valence-corrected chi connectivity index (χ4v) is 4.95. The van der Waals surface area contributed by atoms with Crippen molar-refractivity contribution in [1.29, 1.82) is 0 Å². The quantitative estimate of drug-likeness (QED) is 0.373. The summed E-state index contributed by atoms with van der Waals surface area (Å²) in [6, 6.07) is 19.6. The smallest absolute Gasteiger partial charge is 0.308 e. The molecule has 0 atom stereocenters. The number of rotatable bonds is 5. The summed E-state index contributed by atoms with van der Waals surface area (Å²) in [4.78, 5) is 16.7. The van der Waals surface area contributed by atoms with E-state index in [4.69, 9.17) is 11.6 Å². The number of para-hydroxylation sites is 1. The normalized spacial score (nSPS) is 11.2. The molecule has 0 saturated heterocycles. The molecule has 0 spiro atoms. The number of hydrogen-bond acceptors (Lipinski definition) is 5. The number of thiazole rings is 1. The van der Waals surface area contributed by atoms with Crippen LogP contribution in [-0.4, -0.2) is 19.4 Å². The van der Waals surface area contributed by atoms with Gasteiger partial charge in [0.05, 0.1) is 25.8 Å². The number of benzene rings is 3. The van der Waals surface area contributed by atoms with Gasteiger partial charge in [0, 0.05) is 5.69 Å². The van der Waals surface area contributed by atoms with Crippen LogP contribution in [0.15, 0.2) is 77.7 Å². The van der Waals surface area contributed by atoms with Crippen LogP contribution in [0.3, 0.4) is 0 Å². The molecule has 0 aliphatic carbocycles. The van der Waals surface area contributed by atoms with Crippen LogP contribution in [0.4, 0.5) is 21.3 Å². The number of anilines is 3. The molecular formula is C20H15ClN4O3S2. The summed E-state index contributed by atoms with van der Waals surface area (Å²) in [6.07, 6.45) is 0. The topological polar surface area (TPSA) is 100 Å². The molecule has 1 heterocycles. The van der Waals surface area contributed by atoms with Crippen LogP contribution in [0.1, 0.15) is 0 Å². The Balaban J connectivity index is 1.50. The first-order valence-corrected chi connectivity index (χ1v) is 11.4. The lowest BCUT2D eigenvalue weighted by Crippen LogP contribution is -2.19. The summed E-state index contributed by atoms with van der Waals surface area (Å²) in [5.74, 6) is 0. The van der Waals surface area contributed by atoms with Gasteiger partial charge in [0.1, 0.15) is 0 Å². The zero-order chi connectivity index (χ0) is 21.1. The van der Waals surface area contributed by atoms with Gasteiger partial charge in [-0.05, 0) is 42.5 Å². The van der Waals surface area contributed by atoms with E-state index in [1.54, 1.807) is 60.7 Å². The molecule has 10 heteroatoms. The van der Waals surface area contributed by atoms with E-state index in [0.29, 0.717) is 21.9 Å². The number of hydrogen-bond donors (Lipinski definition) is 3. The number of carbonyl (C=O) groups is 1. The Kier molecular flexibility index (Phi) is 5.58. The van der Waals surface area contributed by atoms with Crippen LogP contribution in [0.2, 0.25) is 5.02 Å². The van der Waals surface area contributed by atoms with Gasteiger partial charge in [-0.3, -0.25) is 4.72 Å². The molecule has 4 rings (SSSR count). The van der Waals surface area contributed by atoms with Crippen LogP contribution in [0, 0.1) is 0 Å². The largest absolute Gasteiger partial charge is 0.323 e. The molecule has 0 radical (unpaired) electrons. The average molecular weight is 459 g/mol. The molecule has 152 valence electrons. The number of halogens is 1. The molecule has 3 aromatic carbocycles. The molecule has 30 heavy (non-hydrogen) atoms. The highest BCUT2D eigenvalue weighted by Crippen LogP contribution is 2.30. The van der Waals surface area contributed by atoms with E-state index in [2.05, 4.69) is 20.3 Å². The molecule has 1 aromatic heterocycles. The molecule has 7 nitrogen and oxygen atoms in total. The first-order chi connectivity index (χ1) is 14.4. The monoisotopic (exact) mass is 458 g/mol. The van der Waals surface area contributed by atoms with Crippen LogP contribution in [0.5, 0.6) is 0 Å². The molecule has 0 unspecified atom stereocenters. The minimum absolute atomic E-state index is 0.155. The van der Waals surface area contributed by atoms with Crippen molar-refractivity contribution in [2.24, 2.45) is 0 Å². The van der Waals surface area contributed by atoms with Crippen molar-refractivity contribution in [2.75, 3.05) is 15.4 Å². The van der Waals surface area contributed by atoms with Crippen molar-refractivity contribution in [1.82, 2.24) is 4.98 Å². The van der Waals surface area contributed by atoms with Crippen molar-refractivity contribution in [2.45, 2.75) is 4.90 Å². The second kappa shape index (κ2) is 8.31. The van der Waals surface area contributed by atoms with E-state index in [1.807, 2.05) is 0 Å². The predicted octanol–water partition coefficient (Wildman–Crippen LogP) is 5.39. The number of nitrogens with one attached hydrogen (secondary N) is 3. The molecule has 0 aliphatic heterocycles. The third kappa shape index (κ3) is 4.54. The Morgan fingerprint density at radius 1 is 0.933 bits per heavy atom. The highest BCUT2D eigenvalue weighted by molar-refractivity contribution is 7.93. The summed E-state index contributed by atoms with van der Waals surface area (Å²) >= 11 is 7.25. The molecule has 2 amide bonds. The van der Waals surface area contributed by atoms with Gasteiger partial charge in [-0.1, -0.05) is 53.3 Å². The number of carbonyl (C=O) groups excluding carboxylic acids is 1. The van der Waals surface area contributed by atoms with Crippen molar-refractivity contribution in [3.05, 3.63) is 77.8 Å². The maximum absolute atomic E-state index is 12.5. The molecular weight excluding hydrogens is 444 g/mol. The first-order valence-electron chi connectivity index (χ1n) is 8.72. The first kappa shape index (κ1) is 20.1. The van der Waals surface area contributed by atoms with E-state index in [-0.39, 0.29) is 10.0 Å². The fraction of sp³-hybridized carbons (Fsp3) is 0. The third-order valence-corrected chi connectivity index (χ3v) is 6.81. The second-order valence-electron chi connectivity index (χ2n) is 6.18. The zero-order valence-electron chi connectivity index (χ0n) is 15.3. The highest BCUT2D eigenvalue weighted by Gasteiger charge is 2.16. The summed E-state index contributed by atoms with van der Waals surface area (Å²) in [6.45, 7) is 0. The number of sulfonamides is 1. The second-order valence-corrected chi connectivity index (χ2v) is 9.30. The highest BCUT2D eigenvalue weighted by atomic mass is 35.5. The molecule has 0 bridgehead atoms. The summed E-state index contributed by atoms with van der Waals surface area (Å²) in [5.41, 5.74) is 1.56. The van der Waals surface area contributed by atoms with Crippen LogP contribution in [0.25, 0.3) is 10.2 Å². The van der Waals surface area contributed by atoms with Gasteiger partial charge in [0.15, 0.2) is 5.13 Å². The molecule has 0 saturated carbocycles. The van der Waals surface area contributed by atoms with Gasteiger partial charge in [-0.2, -0.15) is 0 Å². The lowest BCUT2D eigenvalue weighted by Gasteiger charge is -2.08. The summed E-state index contributed by atoms with van der Waals surface area (Å²) in [7, 11) is -3.72. The van der Waals surface area contributed by atoms with Crippen molar-refractivity contribution >= 4 is 65.7 Å². The van der Waals surface area contributed by atoms with Crippen LogP contribution in [-0.2, 0) is 10.0 Å². The molecule has 0 fully saturated rings. The van der Waals surface area contributed by atoms with Gasteiger partial charge in [0.25, 0.3) is 10.0 Å². The van der Waals surface area contributed by atoms with E-state index in [1.165, 1.54) is 23.5 Å². The van der Waals surface area contributed by atoms with E-state index < -0.39 is 16.1 Å². The number of fused-ring (bicyclic) bond motifs is 1. The molecule has 4 aromatic rings. The Morgan fingerprint density at radius 2 is 1.67 bits per heavy atom. The fourth-order valence-electron chi connectivity index (χ4n) is 2.67. The van der Waals surface area contributed by atoms with Gasteiger partial charge in [-0.25, -0.2) is 18.2 Å². The maximum Gasteiger partial charge on any atom is 0.323 e. The Bertz CT molecular complexity index is 1320. The number of amides is 2. The van der Waals surface area contributed by atoms with Gasteiger partial charge >= 0.3 is 6.03 Å². The van der Waals surface area contributed by atoms with Crippen LogP contribution < -0.4 is 15.4 Å². The number of urea groups is 1. The van der Waals surface area contributed by atoms with Crippen molar-refractivity contribution < 1.29 is 13.2 Å². The molecule has 3 N–H and O–H groups in total. The van der Waals surface area contributed by atoms with Gasteiger partial charge < -0.3 is 10.6 Å². The maximum atomic E-state index is 12.5. The average Bonchev–Trinajstić information content (AvgIpc) is 3.11. The minimum Gasteiger partial charge on any atom is -0.308 e. The predicted molar refractivity (Wildman–Crippen MR) is 121 cm³/mol. The van der Waals surface area contributed by atoms with Crippen molar-refractivity contribution in [3.8, 4) is 0 Å². The lowest BCUT2D eigenvalue weighted by atomic mass is 10.3. The van der Waals surface area contributed by atoms with E-state index in [9.17, 15) is 13.2 Å².